The van der Waals surface area contributed by atoms with Crippen LogP contribution < -0.4 is 19.8 Å². The Bertz CT molecular complexity index is 1610. The first kappa shape index (κ1) is 25.6. The molecule has 0 saturated carbocycles. The first-order chi connectivity index (χ1) is 18.2. The Morgan fingerprint density at radius 1 is 1.18 bits per heavy atom. The zero-order chi connectivity index (χ0) is 26.9. The number of para-hydroxylation sites is 1. The number of nitriles is 1. The van der Waals surface area contributed by atoms with Crippen LogP contribution in [0.2, 0.25) is 0 Å². The van der Waals surface area contributed by atoms with Gasteiger partial charge in [-0.3, -0.25) is 4.31 Å². The molecular formula is C28H31N7O2S. The van der Waals surface area contributed by atoms with E-state index in [1.807, 2.05) is 53.2 Å². The predicted molar refractivity (Wildman–Crippen MR) is 153 cm³/mol. The summed E-state index contributed by atoms with van der Waals surface area (Å²) in [4.78, 5) is 7.18. The van der Waals surface area contributed by atoms with Crippen LogP contribution >= 0.6 is 0 Å². The number of anilines is 4. The van der Waals surface area contributed by atoms with Gasteiger partial charge in [-0.2, -0.15) is 5.26 Å². The van der Waals surface area contributed by atoms with Crippen molar-refractivity contribution in [3.8, 4) is 6.07 Å². The van der Waals surface area contributed by atoms with Crippen molar-refractivity contribution in [2.45, 2.75) is 19.5 Å². The minimum atomic E-state index is -3.41. The van der Waals surface area contributed by atoms with E-state index in [1.54, 1.807) is 13.1 Å². The smallest absolute Gasteiger partial charge is 0.232 e. The molecule has 2 aromatic heterocycles. The van der Waals surface area contributed by atoms with Gasteiger partial charge in [-0.1, -0.05) is 18.2 Å². The summed E-state index contributed by atoms with van der Waals surface area (Å²) in [6.07, 6.45) is 3.09. The highest BCUT2D eigenvalue weighted by Crippen LogP contribution is 2.28. The van der Waals surface area contributed by atoms with Crippen molar-refractivity contribution in [3.05, 3.63) is 78.0 Å². The van der Waals surface area contributed by atoms with Gasteiger partial charge in [0.05, 0.1) is 24.1 Å². The second-order valence-electron chi connectivity index (χ2n) is 9.69. The summed E-state index contributed by atoms with van der Waals surface area (Å²) >= 11 is 0. The zero-order valence-electron chi connectivity index (χ0n) is 21.7. The summed E-state index contributed by atoms with van der Waals surface area (Å²) in [6, 6.07) is 22.0. The van der Waals surface area contributed by atoms with E-state index in [4.69, 9.17) is 4.98 Å². The van der Waals surface area contributed by atoms with Gasteiger partial charge in [0.15, 0.2) is 5.82 Å². The number of sulfonamides is 1. The highest BCUT2D eigenvalue weighted by Gasteiger charge is 2.18. The Labute approximate surface area is 223 Å². The molecule has 1 fully saturated rings. The van der Waals surface area contributed by atoms with Crippen LogP contribution in [0.1, 0.15) is 18.1 Å². The third-order valence-corrected chi connectivity index (χ3v) is 8.08. The topological polar surface area (TPSA) is 106 Å². The molecule has 5 rings (SSSR count). The largest absolute Gasteiger partial charge is 0.369 e. The maximum absolute atomic E-state index is 12.2. The molecule has 9 nitrogen and oxygen atoms in total. The van der Waals surface area contributed by atoms with Gasteiger partial charge in [0.2, 0.25) is 10.0 Å². The Morgan fingerprint density at radius 3 is 2.66 bits per heavy atom. The molecule has 0 aliphatic carbocycles. The van der Waals surface area contributed by atoms with E-state index in [0.717, 1.165) is 36.3 Å². The number of piperazine rings is 1. The van der Waals surface area contributed by atoms with Gasteiger partial charge in [-0.05, 0) is 55.0 Å². The average molecular weight is 530 g/mol. The van der Waals surface area contributed by atoms with E-state index in [9.17, 15) is 13.7 Å². The van der Waals surface area contributed by atoms with E-state index in [0.29, 0.717) is 35.3 Å². The zero-order valence-corrected chi connectivity index (χ0v) is 22.5. The summed E-state index contributed by atoms with van der Waals surface area (Å²) in [6.45, 7) is 5.50. The molecule has 0 spiro atoms. The molecule has 0 amide bonds. The summed E-state index contributed by atoms with van der Waals surface area (Å²) in [5, 5.41) is 17.4. The molecule has 1 saturated heterocycles. The third-order valence-electron chi connectivity index (χ3n) is 6.89. The van der Waals surface area contributed by atoms with Gasteiger partial charge in [0.1, 0.15) is 11.7 Å². The predicted octanol–water partition coefficient (Wildman–Crippen LogP) is 3.89. The van der Waals surface area contributed by atoms with Crippen LogP contribution in [-0.2, 0) is 16.6 Å². The fourth-order valence-electron chi connectivity index (χ4n) is 4.79. The van der Waals surface area contributed by atoms with Crippen LogP contribution in [0.25, 0.3) is 11.0 Å². The van der Waals surface area contributed by atoms with Crippen LogP contribution in [-0.4, -0.2) is 56.9 Å². The van der Waals surface area contributed by atoms with Crippen LogP contribution in [0.3, 0.4) is 0 Å². The first-order valence-corrected chi connectivity index (χ1v) is 14.3. The molecule has 0 bridgehead atoms. The van der Waals surface area contributed by atoms with Gasteiger partial charge in [0, 0.05) is 55.7 Å². The lowest BCUT2D eigenvalue weighted by molar-refractivity contribution is 0.485. The van der Waals surface area contributed by atoms with Gasteiger partial charge < -0.3 is 20.1 Å². The van der Waals surface area contributed by atoms with Gasteiger partial charge >= 0.3 is 0 Å². The molecule has 10 heteroatoms. The number of pyridine rings is 1. The Morgan fingerprint density at radius 2 is 1.95 bits per heavy atom. The molecule has 4 aromatic rings. The Balaban J connectivity index is 1.43. The normalized spacial score (nSPS) is 15.8. The van der Waals surface area contributed by atoms with E-state index >= 15 is 0 Å². The number of aromatic nitrogens is 2. The summed E-state index contributed by atoms with van der Waals surface area (Å²) in [5.74, 6) is 0.477. The molecule has 1 atom stereocenters. The van der Waals surface area contributed by atoms with Crippen molar-refractivity contribution in [2.75, 3.05) is 47.5 Å². The SMILES string of the molecule is CC1CN(c2ccc(Nc3nc4c(ccn4Cc4ccccc4N(C)S(C)(=O)=O)cc3C#N)cc2)CCN1. The number of hydrogen-bond acceptors (Lipinski definition) is 7. The van der Waals surface area contributed by atoms with E-state index < -0.39 is 10.0 Å². The standard InChI is InChI=1S/C28H31N7O2S/c1-20-18-34(15-13-30-20)25-10-8-24(9-11-25)31-27-23(17-29)16-21-12-14-35(28(21)32-27)19-22-6-4-5-7-26(22)33(2)38(3,36)37/h4-12,14,16,20,30H,13,15,18-19H2,1-3H3,(H,31,32). The van der Waals surface area contributed by atoms with Gasteiger partial charge in [0.25, 0.3) is 0 Å². The van der Waals surface area contributed by atoms with E-state index in [2.05, 4.69) is 40.7 Å². The van der Waals surface area contributed by atoms with Crippen LogP contribution in [0, 0.1) is 11.3 Å². The second kappa shape index (κ2) is 10.4. The lowest BCUT2D eigenvalue weighted by Gasteiger charge is -2.33. The molecule has 38 heavy (non-hydrogen) atoms. The molecule has 1 aliphatic heterocycles. The number of rotatable bonds is 7. The molecule has 1 unspecified atom stereocenters. The maximum Gasteiger partial charge on any atom is 0.232 e. The summed E-state index contributed by atoms with van der Waals surface area (Å²) in [5.41, 5.74) is 4.62. The van der Waals surface area contributed by atoms with Gasteiger partial charge in [-0.25, -0.2) is 13.4 Å². The van der Waals surface area contributed by atoms with Gasteiger partial charge in [-0.15, -0.1) is 0 Å². The molecule has 0 radical (unpaired) electrons. The maximum atomic E-state index is 12.2. The van der Waals surface area contributed by atoms with Crippen molar-refractivity contribution >= 4 is 43.9 Å². The summed E-state index contributed by atoms with van der Waals surface area (Å²) in [7, 11) is -1.86. The number of benzene rings is 2. The number of nitrogens with one attached hydrogen (secondary N) is 2. The van der Waals surface area contributed by atoms with Crippen LogP contribution in [0.15, 0.2) is 66.9 Å². The van der Waals surface area contributed by atoms with E-state index in [-0.39, 0.29) is 0 Å². The highest BCUT2D eigenvalue weighted by atomic mass is 32.2. The lowest BCUT2D eigenvalue weighted by atomic mass is 10.1. The minimum Gasteiger partial charge on any atom is -0.369 e. The molecule has 3 heterocycles. The molecule has 2 aromatic carbocycles. The number of hydrogen-bond donors (Lipinski definition) is 2. The molecular weight excluding hydrogens is 498 g/mol. The Hall–Kier alpha value is -4.07. The monoisotopic (exact) mass is 529 g/mol. The van der Waals surface area contributed by atoms with Crippen molar-refractivity contribution in [2.24, 2.45) is 0 Å². The second-order valence-corrected chi connectivity index (χ2v) is 11.7. The molecule has 1 aliphatic rings. The quantitative estimate of drug-likeness (QED) is 0.374. The van der Waals surface area contributed by atoms with Crippen molar-refractivity contribution in [1.29, 1.82) is 5.26 Å². The minimum absolute atomic E-state index is 0.426. The fraction of sp³-hybridized carbons (Fsp3) is 0.286. The fourth-order valence-corrected chi connectivity index (χ4v) is 5.33. The van der Waals surface area contributed by atoms with E-state index in [1.165, 1.54) is 16.2 Å². The van der Waals surface area contributed by atoms with Crippen LogP contribution in [0.5, 0.6) is 0 Å². The third kappa shape index (κ3) is 5.30. The van der Waals surface area contributed by atoms with Crippen molar-refractivity contribution < 1.29 is 8.42 Å². The van der Waals surface area contributed by atoms with Crippen LogP contribution in [0.4, 0.5) is 22.9 Å². The molecule has 2 N–H and O–H groups in total. The number of fused-ring (bicyclic) bond motifs is 1. The average Bonchev–Trinajstić information content (AvgIpc) is 3.29. The first-order valence-electron chi connectivity index (χ1n) is 12.5. The molecule has 196 valence electrons. The lowest BCUT2D eigenvalue weighted by Crippen LogP contribution is -2.49. The van der Waals surface area contributed by atoms with Crippen molar-refractivity contribution in [3.63, 3.8) is 0 Å². The highest BCUT2D eigenvalue weighted by molar-refractivity contribution is 7.92. The van der Waals surface area contributed by atoms with Crippen molar-refractivity contribution in [1.82, 2.24) is 14.9 Å². The number of nitrogens with zero attached hydrogens (tertiary/aromatic N) is 5. The summed E-state index contributed by atoms with van der Waals surface area (Å²) < 4.78 is 27.6. The Kier molecular flexibility index (Phi) is 6.97.